The van der Waals surface area contributed by atoms with Crippen LogP contribution in [-0.4, -0.2) is 31.2 Å². The molecule has 1 saturated heterocycles. The van der Waals surface area contributed by atoms with Crippen LogP contribution in [0, 0.1) is 5.41 Å². The van der Waals surface area contributed by atoms with Gasteiger partial charge in [-0.2, -0.15) is 0 Å². The second-order valence-electron chi connectivity index (χ2n) is 6.40. The first kappa shape index (κ1) is 16.9. The largest absolute Gasteiger partial charge is 0.490 e. The third-order valence-corrected chi connectivity index (χ3v) is 4.52. The summed E-state index contributed by atoms with van der Waals surface area (Å²) in [6, 6.07) is 20.9. The summed E-state index contributed by atoms with van der Waals surface area (Å²) in [4.78, 5) is 13.7. The van der Waals surface area contributed by atoms with Crippen molar-refractivity contribution in [3.63, 3.8) is 0 Å². The highest BCUT2D eigenvalue weighted by atomic mass is 16.6. The standard InChI is InChI=1S/C21H19N3O3/c22-20(23)15-5-8-17(9-6-15)24-12-19(27-21(24)25)13-26-18-10-7-14-3-1-2-4-16(14)11-18/h1-11,19H,12-13H2,(H3,22,23). The first-order valence-corrected chi connectivity index (χ1v) is 8.64. The van der Waals surface area contributed by atoms with Crippen LogP contribution in [0.25, 0.3) is 10.8 Å². The van der Waals surface area contributed by atoms with E-state index in [2.05, 4.69) is 0 Å². The first-order valence-electron chi connectivity index (χ1n) is 8.64. The number of fused-ring (bicyclic) bond motifs is 1. The van der Waals surface area contributed by atoms with Crippen molar-refractivity contribution in [3.05, 3.63) is 72.3 Å². The molecule has 6 heteroatoms. The number of nitrogen functional groups attached to an aromatic ring is 1. The van der Waals surface area contributed by atoms with E-state index < -0.39 is 6.09 Å². The minimum absolute atomic E-state index is 0.00721. The molecule has 0 bridgehead atoms. The van der Waals surface area contributed by atoms with Crippen LogP contribution < -0.4 is 15.4 Å². The van der Waals surface area contributed by atoms with Gasteiger partial charge in [-0.3, -0.25) is 10.3 Å². The van der Waals surface area contributed by atoms with Crippen molar-refractivity contribution in [2.24, 2.45) is 5.73 Å². The van der Waals surface area contributed by atoms with Gasteiger partial charge < -0.3 is 15.2 Å². The number of ether oxygens (including phenoxy) is 2. The van der Waals surface area contributed by atoms with Crippen molar-refractivity contribution in [1.82, 2.24) is 0 Å². The highest BCUT2D eigenvalue weighted by Gasteiger charge is 2.32. The van der Waals surface area contributed by atoms with Crippen LogP contribution in [0.3, 0.4) is 0 Å². The molecule has 0 spiro atoms. The Hall–Kier alpha value is -3.54. The number of amides is 1. The summed E-state index contributed by atoms with van der Waals surface area (Å²) < 4.78 is 11.2. The highest BCUT2D eigenvalue weighted by Crippen LogP contribution is 2.24. The van der Waals surface area contributed by atoms with E-state index in [-0.39, 0.29) is 18.5 Å². The smallest absolute Gasteiger partial charge is 0.414 e. The van der Waals surface area contributed by atoms with Gasteiger partial charge in [-0.05, 0) is 47.2 Å². The van der Waals surface area contributed by atoms with Gasteiger partial charge in [-0.15, -0.1) is 0 Å². The van der Waals surface area contributed by atoms with Crippen molar-refractivity contribution in [2.45, 2.75) is 6.10 Å². The lowest BCUT2D eigenvalue weighted by molar-refractivity contribution is 0.105. The Balaban J connectivity index is 1.40. The molecule has 1 unspecified atom stereocenters. The number of carbonyl (C=O) groups excluding carboxylic acids is 1. The summed E-state index contributed by atoms with van der Waals surface area (Å²) in [5.41, 5.74) is 6.78. The van der Waals surface area contributed by atoms with Crippen molar-refractivity contribution in [1.29, 1.82) is 5.41 Å². The number of hydrogen-bond acceptors (Lipinski definition) is 4. The fourth-order valence-corrected chi connectivity index (χ4v) is 3.09. The number of carbonyl (C=O) groups is 1. The van der Waals surface area contributed by atoms with E-state index in [9.17, 15) is 4.79 Å². The Morgan fingerprint density at radius 2 is 1.85 bits per heavy atom. The van der Waals surface area contributed by atoms with Gasteiger partial charge in [0.2, 0.25) is 0 Å². The zero-order valence-electron chi connectivity index (χ0n) is 14.6. The van der Waals surface area contributed by atoms with E-state index in [1.807, 2.05) is 42.5 Å². The molecule has 136 valence electrons. The molecule has 1 aliphatic rings. The van der Waals surface area contributed by atoms with Crippen LogP contribution in [0.5, 0.6) is 5.75 Å². The van der Waals surface area contributed by atoms with Gasteiger partial charge in [0.15, 0.2) is 6.10 Å². The van der Waals surface area contributed by atoms with E-state index in [1.165, 1.54) is 0 Å². The van der Waals surface area contributed by atoms with Gasteiger partial charge in [-0.25, -0.2) is 4.79 Å². The lowest BCUT2D eigenvalue weighted by atomic mass is 10.1. The molecular weight excluding hydrogens is 342 g/mol. The fourth-order valence-electron chi connectivity index (χ4n) is 3.09. The third-order valence-electron chi connectivity index (χ3n) is 4.52. The van der Waals surface area contributed by atoms with Gasteiger partial charge >= 0.3 is 6.09 Å². The normalized spacial score (nSPS) is 16.4. The third kappa shape index (κ3) is 3.55. The molecule has 27 heavy (non-hydrogen) atoms. The number of rotatable bonds is 5. The first-order chi connectivity index (χ1) is 13.1. The molecule has 1 aliphatic heterocycles. The van der Waals surface area contributed by atoms with Crippen molar-refractivity contribution >= 4 is 28.4 Å². The van der Waals surface area contributed by atoms with Crippen LogP contribution in [0.15, 0.2) is 66.7 Å². The molecule has 1 atom stereocenters. The number of cyclic esters (lactones) is 1. The Morgan fingerprint density at radius 1 is 1.11 bits per heavy atom. The zero-order chi connectivity index (χ0) is 18.8. The number of nitrogens with one attached hydrogen (secondary N) is 1. The number of benzene rings is 3. The van der Waals surface area contributed by atoms with Gasteiger partial charge in [0.25, 0.3) is 0 Å². The summed E-state index contributed by atoms with van der Waals surface area (Å²) in [5.74, 6) is 0.737. The average Bonchev–Trinajstić information content (AvgIpc) is 3.07. The maximum absolute atomic E-state index is 12.2. The van der Waals surface area contributed by atoms with Crippen LogP contribution in [-0.2, 0) is 4.74 Å². The molecular formula is C21H19N3O3. The Kier molecular flexibility index (Phi) is 4.38. The summed E-state index contributed by atoms with van der Waals surface area (Å²) in [6.07, 6.45) is -0.755. The number of nitrogens with zero attached hydrogens (tertiary/aromatic N) is 1. The number of hydrogen-bond donors (Lipinski definition) is 2. The minimum atomic E-state index is -0.405. The summed E-state index contributed by atoms with van der Waals surface area (Å²) >= 11 is 0. The quantitative estimate of drug-likeness (QED) is 0.537. The maximum atomic E-state index is 12.2. The number of anilines is 1. The Bertz CT molecular complexity index is 1000. The van der Waals surface area contributed by atoms with Crippen molar-refractivity contribution in [3.8, 4) is 5.75 Å². The number of nitrogens with two attached hydrogens (primary N) is 1. The fraction of sp³-hybridized carbons (Fsp3) is 0.143. The molecule has 3 N–H and O–H groups in total. The monoisotopic (exact) mass is 361 g/mol. The zero-order valence-corrected chi connectivity index (χ0v) is 14.6. The summed E-state index contributed by atoms with van der Waals surface area (Å²) in [5, 5.41) is 9.68. The topological polar surface area (TPSA) is 88.6 Å². The highest BCUT2D eigenvalue weighted by molar-refractivity contribution is 5.96. The van der Waals surface area contributed by atoms with Gasteiger partial charge in [0.1, 0.15) is 18.2 Å². The predicted octanol–water partition coefficient (Wildman–Crippen LogP) is 3.53. The van der Waals surface area contributed by atoms with Crippen molar-refractivity contribution < 1.29 is 14.3 Å². The van der Waals surface area contributed by atoms with E-state index in [0.717, 1.165) is 16.5 Å². The maximum Gasteiger partial charge on any atom is 0.414 e. The van der Waals surface area contributed by atoms with Crippen LogP contribution in [0.1, 0.15) is 5.56 Å². The van der Waals surface area contributed by atoms with E-state index in [0.29, 0.717) is 17.8 Å². The summed E-state index contributed by atoms with van der Waals surface area (Å²) in [6.45, 7) is 0.692. The molecule has 0 saturated carbocycles. The molecule has 3 aromatic carbocycles. The van der Waals surface area contributed by atoms with E-state index >= 15 is 0 Å². The molecule has 6 nitrogen and oxygen atoms in total. The summed E-state index contributed by atoms with van der Waals surface area (Å²) in [7, 11) is 0. The van der Waals surface area contributed by atoms with Gasteiger partial charge in [0, 0.05) is 11.3 Å². The Labute approximate surface area is 156 Å². The molecule has 4 rings (SSSR count). The average molecular weight is 361 g/mol. The molecule has 0 aromatic heterocycles. The van der Waals surface area contributed by atoms with Crippen molar-refractivity contribution in [2.75, 3.05) is 18.1 Å². The van der Waals surface area contributed by atoms with E-state index in [1.54, 1.807) is 29.2 Å². The molecule has 1 amide bonds. The molecule has 0 aliphatic carbocycles. The molecule has 3 aromatic rings. The molecule has 1 fully saturated rings. The minimum Gasteiger partial charge on any atom is -0.490 e. The predicted molar refractivity (Wildman–Crippen MR) is 105 cm³/mol. The lowest BCUT2D eigenvalue weighted by Gasteiger charge is -2.14. The van der Waals surface area contributed by atoms with Gasteiger partial charge in [-0.1, -0.05) is 30.3 Å². The van der Waals surface area contributed by atoms with Crippen LogP contribution in [0.4, 0.5) is 10.5 Å². The van der Waals surface area contributed by atoms with Crippen LogP contribution in [0.2, 0.25) is 0 Å². The van der Waals surface area contributed by atoms with E-state index in [4.69, 9.17) is 20.6 Å². The SMILES string of the molecule is N=C(N)c1ccc(N2CC(COc3ccc4ccccc4c3)OC2=O)cc1. The second kappa shape index (κ2) is 6.99. The van der Waals surface area contributed by atoms with Gasteiger partial charge in [0.05, 0.1) is 6.54 Å². The second-order valence-corrected chi connectivity index (χ2v) is 6.40. The lowest BCUT2D eigenvalue weighted by Crippen LogP contribution is -2.26. The number of amidine groups is 1. The molecule has 1 heterocycles. The van der Waals surface area contributed by atoms with Crippen LogP contribution >= 0.6 is 0 Å². The Morgan fingerprint density at radius 3 is 2.59 bits per heavy atom. The molecule has 0 radical (unpaired) electrons.